The molecule has 0 amide bonds. The van der Waals surface area contributed by atoms with Crippen molar-refractivity contribution in [1.82, 2.24) is 0 Å². The summed E-state index contributed by atoms with van der Waals surface area (Å²) < 4.78 is 2.30. The van der Waals surface area contributed by atoms with Crippen molar-refractivity contribution in [2.45, 2.75) is 44.9 Å². The van der Waals surface area contributed by atoms with Crippen LogP contribution < -0.4 is 0 Å². The van der Waals surface area contributed by atoms with E-state index in [1.165, 1.54) is 48.2 Å². The van der Waals surface area contributed by atoms with E-state index in [0.717, 1.165) is 0 Å². The fourth-order valence-electron chi connectivity index (χ4n) is 3.90. The lowest BCUT2D eigenvalue weighted by Crippen LogP contribution is -2.27. The van der Waals surface area contributed by atoms with Crippen LogP contribution in [0.25, 0.3) is 5.57 Å². The predicted octanol–water partition coefficient (Wildman–Crippen LogP) is 4.84. The van der Waals surface area contributed by atoms with Crippen LogP contribution in [0.1, 0.15) is 50.7 Å². The Kier molecular flexibility index (Phi) is 3.16. The van der Waals surface area contributed by atoms with Crippen LogP contribution in [0.5, 0.6) is 0 Å². The van der Waals surface area contributed by atoms with Crippen molar-refractivity contribution in [3.63, 3.8) is 0 Å². The van der Waals surface area contributed by atoms with E-state index in [9.17, 15) is 0 Å². The van der Waals surface area contributed by atoms with E-state index >= 15 is 0 Å². The van der Waals surface area contributed by atoms with Crippen molar-refractivity contribution in [3.05, 3.63) is 48.1 Å². The second kappa shape index (κ2) is 4.73. The summed E-state index contributed by atoms with van der Waals surface area (Å²) in [6.45, 7) is 8.66. The summed E-state index contributed by atoms with van der Waals surface area (Å²) in [4.78, 5) is 0. The molecule has 0 aromatic heterocycles. The highest BCUT2D eigenvalue weighted by Gasteiger charge is 2.44. The molecule has 3 rings (SSSR count). The Morgan fingerprint density at radius 3 is 2.70 bits per heavy atom. The van der Waals surface area contributed by atoms with Crippen molar-refractivity contribution in [3.8, 4) is 0 Å². The zero-order valence-corrected chi connectivity index (χ0v) is 12.9. The first kappa shape index (κ1) is 13.4. The molecule has 2 aliphatic rings. The Balaban J connectivity index is 2.22. The third-order valence-electron chi connectivity index (χ3n) is 4.86. The minimum atomic E-state index is 0.0424. The maximum absolute atomic E-state index is 4.02. The first-order valence-electron chi connectivity index (χ1n) is 7.64. The summed E-state index contributed by atoms with van der Waals surface area (Å²) in [5, 5.41) is 0. The lowest BCUT2D eigenvalue weighted by Gasteiger charge is -2.22. The molecule has 1 heterocycles. The highest BCUT2D eigenvalue weighted by molar-refractivity contribution is 6.04. The smallest absolute Gasteiger partial charge is 0.198 e. The standard InChI is InChI=1S/C19H24N/c1-5-17-19(2,3)18-15(14-10-7-6-8-11-14)12-9-13-16(18)20(17)4/h5,9-10,12-13H,1,6-8,11H2,2-4H3/q+1. The van der Waals surface area contributed by atoms with Gasteiger partial charge in [0.15, 0.2) is 5.71 Å². The third-order valence-corrected chi connectivity index (χ3v) is 4.86. The number of benzene rings is 1. The lowest BCUT2D eigenvalue weighted by molar-refractivity contribution is -0.401. The molecule has 0 fully saturated rings. The average molecular weight is 266 g/mol. The quantitative estimate of drug-likeness (QED) is 0.674. The maximum Gasteiger partial charge on any atom is 0.210 e. The van der Waals surface area contributed by atoms with Crippen molar-refractivity contribution < 1.29 is 4.58 Å². The first-order valence-corrected chi connectivity index (χ1v) is 7.64. The zero-order valence-electron chi connectivity index (χ0n) is 12.9. The van der Waals surface area contributed by atoms with Crippen molar-refractivity contribution in [2.75, 3.05) is 7.05 Å². The number of rotatable bonds is 2. The van der Waals surface area contributed by atoms with Crippen LogP contribution in [-0.4, -0.2) is 17.3 Å². The van der Waals surface area contributed by atoms with Crippen LogP contribution in [0, 0.1) is 0 Å². The van der Waals surface area contributed by atoms with Gasteiger partial charge in [-0.1, -0.05) is 24.8 Å². The number of hydrogen-bond acceptors (Lipinski definition) is 0. The van der Waals surface area contributed by atoms with Gasteiger partial charge in [-0.15, -0.1) is 0 Å². The number of fused-ring (bicyclic) bond motifs is 1. The lowest BCUT2D eigenvalue weighted by atomic mass is 9.76. The van der Waals surface area contributed by atoms with Gasteiger partial charge in [-0.05, 0) is 56.7 Å². The molecular formula is C19H24N+. The van der Waals surface area contributed by atoms with Gasteiger partial charge in [-0.2, -0.15) is 4.58 Å². The Morgan fingerprint density at radius 2 is 2.05 bits per heavy atom. The first-order chi connectivity index (χ1) is 9.57. The fourth-order valence-corrected chi connectivity index (χ4v) is 3.90. The van der Waals surface area contributed by atoms with Crippen molar-refractivity contribution >= 4 is 17.0 Å². The van der Waals surface area contributed by atoms with Gasteiger partial charge in [0.25, 0.3) is 0 Å². The zero-order chi connectivity index (χ0) is 14.3. The van der Waals surface area contributed by atoms with Gasteiger partial charge < -0.3 is 0 Å². The summed E-state index contributed by atoms with van der Waals surface area (Å²) in [5.74, 6) is 0. The summed E-state index contributed by atoms with van der Waals surface area (Å²) in [7, 11) is 2.16. The predicted molar refractivity (Wildman–Crippen MR) is 87.0 cm³/mol. The summed E-state index contributed by atoms with van der Waals surface area (Å²) in [6, 6.07) is 6.74. The number of nitrogens with zero attached hydrogens (tertiary/aromatic N) is 1. The van der Waals surface area contributed by atoms with Crippen LogP contribution in [0.4, 0.5) is 5.69 Å². The average Bonchev–Trinajstić information content (AvgIpc) is 2.67. The number of allylic oxidation sites excluding steroid dienone is 3. The van der Waals surface area contributed by atoms with Gasteiger partial charge in [0.2, 0.25) is 5.69 Å². The van der Waals surface area contributed by atoms with E-state index in [4.69, 9.17) is 0 Å². The van der Waals surface area contributed by atoms with Gasteiger partial charge >= 0.3 is 0 Å². The largest absolute Gasteiger partial charge is 0.210 e. The van der Waals surface area contributed by atoms with Gasteiger partial charge in [0.05, 0.1) is 5.41 Å². The van der Waals surface area contributed by atoms with E-state index in [-0.39, 0.29) is 5.41 Å². The van der Waals surface area contributed by atoms with Crippen LogP contribution in [0.15, 0.2) is 36.9 Å². The Labute approximate surface area is 122 Å². The second-order valence-electron chi connectivity index (χ2n) is 6.45. The molecule has 1 aromatic carbocycles. The summed E-state index contributed by atoms with van der Waals surface area (Å²) in [6.07, 6.45) is 9.57. The molecule has 0 N–H and O–H groups in total. The van der Waals surface area contributed by atoms with Crippen molar-refractivity contribution in [1.29, 1.82) is 0 Å². The molecule has 0 saturated heterocycles. The molecule has 1 aliphatic carbocycles. The number of hydrogen-bond donors (Lipinski definition) is 0. The minimum Gasteiger partial charge on any atom is -0.198 e. The van der Waals surface area contributed by atoms with Gasteiger partial charge in [-0.3, -0.25) is 0 Å². The van der Waals surface area contributed by atoms with Crippen molar-refractivity contribution in [2.24, 2.45) is 0 Å². The molecule has 1 heteroatoms. The minimum absolute atomic E-state index is 0.0424. The van der Waals surface area contributed by atoms with E-state index < -0.39 is 0 Å². The van der Waals surface area contributed by atoms with Crippen LogP contribution in [0.2, 0.25) is 0 Å². The SMILES string of the molecule is C=CC1=[N+](C)c2cccc(C3=CCCCC3)c2C1(C)C. The molecule has 104 valence electrons. The van der Waals surface area contributed by atoms with Crippen LogP contribution >= 0.6 is 0 Å². The van der Waals surface area contributed by atoms with E-state index in [0.29, 0.717) is 0 Å². The van der Waals surface area contributed by atoms with E-state index in [1.807, 2.05) is 6.08 Å². The molecule has 0 atom stereocenters. The highest BCUT2D eigenvalue weighted by atomic mass is 15.0. The monoisotopic (exact) mass is 266 g/mol. The normalized spacial score (nSPS) is 20.6. The van der Waals surface area contributed by atoms with E-state index in [2.05, 4.69) is 56.3 Å². The fraction of sp³-hybridized carbons (Fsp3) is 0.421. The Hall–Kier alpha value is -1.63. The summed E-state index contributed by atoms with van der Waals surface area (Å²) in [5.41, 5.74) is 7.16. The summed E-state index contributed by atoms with van der Waals surface area (Å²) >= 11 is 0. The molecule has 1 nitrogen and oxygen atoms in total. The third kappa shape index (κ3) is 1.80. The molecule has 1 aromatic rings. The molecule has 20 heavy (non-hydrogen) atoms. The molecular weight excluding hydrogens is 242 g/mol. The molecule has 0 spiro atoms. The van der Waals surface area contributed by atoms with E-state index in [1.54, 1.807) is 5.57 Å². The maximum atomic E-state index is 4.02. The second-order valence-corrected chi connectivity index (χ2v) is 6.45. The Bertz CT molecular complexity index is 629. The highest BCUT2D eigenvalue weighted by Crippen LogP contribution is 2.44. The van der Waals surface area contributed by atoms with Crippen LogP contribution in [-0.2, 0) is 5.41 Å². The molecule has 1 aliphatic heterocycles. The molecule has 0 radical (unpaired) electrons. The Morgan fingerprint density at radius 1 is 1.25 bits per heavy atom. The molecule has 0 bridgehead atoms. The van der Waals surface area contributed by atoms with Gasteiger partial charge in [0, 0.05) is 11.6 Å². The van der Waals surface area contributed by atoms with Crippen LogP contribution in [0.3, 0.4) is 0 Å². The molecule has 0 saturated carbocycles. The van der Waals surface area contributed by atoms with Gasteiger partial charge in [-0.25, -0.2) is 0 Å². The van der Waals surface area contributed by atoms with Gasteiger partial charge in [0.1, 0.15) is 7.05 Å². The topological polar surface area (TPSA) is 3.01 Å². The molecule has 0 unspecified atom stereocenters.